The standard InChI is InChI=1S/C23H38N6/c1-16(22(15-17-7-8-17)29(25-2)20-5-3-4-6-20)21-13-14-26-23(28-21)27-19-11-9-18(24)10-12-19/h13-14,17-20,25H,3-12,15,24H2,1-2H3,(H,26,27,28)/b22-16+. The zero-order valence-electron chi connectivity index (χ0n) is 18.2. The fourth-order valence-electron chi connectivity index (χ4n) is 4.96. The summed E-state index contributed by atoms with van der Waals surface area (Å²) in [7, 11) is 2.07. The van der Waals surface area contributed by atoms with E-state index in [2.05, 4.69) is 40.8 Å². The van der Waals surface area contributed by atoms with Crippen LogP contribution in [0.2, 0.25) is 0 Å². The topological polar surface area (TPSA) is 79.1 Å². The highest BCUT2D eigenvalue weighted by Gasteiger charge is 2.30. The summed E-state index contributed by atoms with van der Waals surface area (Å²) in [5, 5.41) is 6.01. The predicted octanol–water partition coefficient (Wildman–Crippen LogP) is 4.07. The minimum absolute atomic E-state index is 0.360. The lowest BCUT2D eigenvalue weighted by atomic mass is 9.92. The first-order valence-corrected chi connectivity index (χ1v) is 11.7. The van der Waals surface area contributed by atoms with Gasteiger partial charge in [-0.15, -0.1) is 0 Å². The zero-order valence-corrected chi connectivity index (χ0v) is 18.2. The van der Waals surface area contributed by atoms with Crippen molar-refractivity contribution in [1.82, 2.24) is 20.4 Å². The Hall–Kier alpha value is -1.66. The van der Waals surface area contributed by atoms with Gasteiger partial charge < -0.3 is 16.1 Å². The average molecular weight is 399 g/mol. The summed E-state index contributed by atoms with van der Waals surface area (Å²) in [6, 6.07) is 3.47. The molecule has 4 rings (SSSR count). The fourth-order valence-corrected chi connectivity index (χ4v) is 4.96. The maximum Gasteiger partial charge on any atom is 0.223 e. The summed E-state index contributed by atoms with van der Waals surface area (Å²) in [6.07, 6.45) is 15.4. The Bertz CT molecular complexity index is 699. The number of allylic oxidation sites excluding steroid dienone is 2. The number of anilines is 1. The Labute approximate surface area is 175 Å². The number of nitrogens with two attached hydrogens (primary N) is 1. The minimum Gasteiger partial charge on any atom is -0.351 e. The van der Waals surface area contributed by atoms with Crippen molar-refractivity contribution in [2.75, 3.05) is 12.4 Å². The third-order valence-electron chi connectivity index (χ3n) is 6.98. The number of rotatable bonds is 8. The second-order valence-electron chi connectivity index (χ2n) is 9.27. The summed E-state index contributed by atoms with van der Waals surface area (Å²) < 4.78 is 0. The highest BCUT2D eigenvalue weighted by molar-refractivity contribution is 5.64. The van der Waals surface area contributed by atoms with Crippen LogP contribution in [0.15, 0.2) is 18.0 Å². The van der Waals surface area contributed by atoms with Crippen molar-refractivity contribution < 1.29 is 0 Å². The first-order chi connectivity index (χ1) is 14.1. The van der Waals surface area contributed by atoms with Crippen molar-refractivity contribution in [3.63, 3.8) is 0 Å². The van der Waals surface area contributed by atoms with Gasteiger partial charge in [0.1, 0.15) is 0 Å². The highest BCUT2D eigenvalue weighted by atomic mass is 15.5. The van der Waals surface area contributed by atoms with Gasteiger partial charge in [0, 0.05) is 37.1 Å². The predicted molar refractivity (Wildman–Crippen MR) is 119 cm³/mol. The molecule has 0 aliphatic heterocycles. The van der Waals surface area contributed by atoms with E-state index >= 15 is 0 Å². The second-order valence-corrected chi connectivity index (χ2v) is 9.27. The van der Waals surface area contributed by atoms with Gasteiger partial charge in [-0.05, 0) is 82.3 Å². The largest absolute Gasteiger partial charge is 0.351 e. The molecule has 0 unspecified atom stereocenters. The van der Waals surface area contributed by atoms with Crippen molar-refractivity contribution >= 4 is 11.5 Å². The van der Waals surface area contributed by atoms with E-state index in [1.54, 1.807) is 0 Å². The Balaban J connectivity index is 1.55. The van der Waals surface area contributed by atoms with E-state index in [4.69, 9.17) is 10.7 Å². The lowest BCUT2D eigenvalue weighted by Gasteiger charge is -2.34. The molecule has 3 aliphatic rings. The molecule has 160 valence electrons. The third kappa shape index (κ3) is 5.28. The summed E-state index contributed by atoms with van der Waals surface area (Å²) in [6.45, 7) is 2.24. The SMILES string of the molecule is CNN(/C(CC1CC1)=C(\C)c1ccnc(NC2CCC(N)CC2)n1)C1CCCC1. The van der Waals surface area contributed by atoms with E-state index in [0.717, 1.165) is 49.7 Å². The van der Waals surface area contributed by atoms with E-state index in [-0.39, 0.29) is 0 Å². The molecule has 0 spiro atoms. The van der Waals surface area contributed by atoms with Crippen LogP contribution in [0.1, 0.15) is 83.2 Å². The molecule has 0 bridgehead atoms. The minimum atomic E-state index is 0.360. The molecule has 0 saturated heterocycles. The van der Waals surface area contributed by atoms with Gasteiger partial charge in [0.15, 0.2) is 0 Å². The van der Waals surface area contributed by atoms with E-state index in [0.29, 0.717) is 18.1 Å². The molecule has 1 aromatic rings. The molecule has 0 amide bonds. The van der Waals surface area contributed by atoms with Gasteiger partial charge in [-0.1, -0.05) is 12.8 Å². The zero-order chi connectivity index (χ0) is 20.2. The molecule has 6 nitrogen and oxygen atoms in total. The van der Waals surface area contributed by atoms with Crippen LogP contribution in [0.4, 0.5) is 5.95 Å². The number of nitrogens with one attached hydrogen (secondary N) is 2. The van der Waals surface area contributed by atoms with Gasteiger partial charge in [0.25, 0.3) is 0 Å². The lowest BCUT2D eigenvalue weighted by molar-refractivity contribution is 0.186. The van der Waals surface area contributed by atoms with Gasteiger partial charge in [-0.2, -0.15) is 0 Å². The van der Waals surface area contributed by atoms with E-state index in [1.807, 2.05) is 6.20 Å². The normalized spacial score (nSPS) is 26.3. The summed E-state index contributed by atoms with van der Waals surface area (Å²) in [4.78, 5) is 9.42. The molecule has 4 N–H and O–H groups in total. The van der Waals surface area contributed by atoms with Crippen LogP contribution in [0.25, 0.3) is 5.57 Å². The molecule has 29 heavy (non-hydrogen) atoms. The van der Waals surface area contributed by atoms with E-state index < -0.39 is 0 Å². The maximum atomic E-state index is 6.05. The van der Waals surface area contributed by atoms with Crippen LogP contribution in [0.5, 0.6) is 0 Å². The van der Waals surface area contributed by atoms with Gasteiger partial charge >= 0.3 is 0 Å². The fraction of sp³-hybridized carbons (Fsp3) is 0.739. The van der Waals surface area contributed by atoms with Gasteiger partial charge in [0.05, 0.1) is 5.69 Å². The van der Waals surface area contributed by atoms with Crippen LogP contribution in [0, 0.1) is 5.92 Å². The summed E-state index contributed by atoms with van der Waals surface area (Å²) >= 11 is 0. The van der Waals surface area contributed by atoms with Crippen molar-refractivity contribution in [2.24, 2.45) is 11.7 Å². The molecule has 0 atom stereocenters. The first kappa shape index (κ1) is 20.6. The Kier molecular flexibility index (Phi) is 6.70. The monoisotopic (exact) mass is 398 g/mol. The van der Waals surface area contributed by atoms with Crippen LogP contribution in [-0.2, 0) is 0 Å². The van der Waals surface area contributed by atoms with E-state index in [9.17, 15) is 0 Å². The average Bonchev–Trinajstić information content (AvgIpc) is 3.40. The van der Waals surface area contributed by atoms with Gasteiger partial charge in [-0.25, -0.2) is 15.4 Å². The molecule has 3 aliphatic carbocycles. The van der Waals surface area contributed by atoms with Crippen molar-refractivity contribution in [1.29, 1.82) is 0 Å². The molecule has 1 heterocycles. The molecule has 3 fully saturated rings. The van der Waals surface area contributed by atoms with Crippen LogP contribution in [0.3, 0.4) is 0 Å². The van der Waals surface area contributed by atoms with Crippen molar-refractivity contribution in [3.8, 4) is 0 Å². The molecule has 3 saturated carbocycles. The van der Waals surface area contributed by atoms with Gasteiger partial charge in [0.2, 0.25) is 5.95 Å². The van der Waals surface area contributed by atoms with E-state index in [1.165, 1.54) is 49.8 Å². The molecular weight excluding hydrogens is 360 g/mol. The molecule has 0 radical (unpaired) electrons. The number of hydrazine groups is 1. The van der Waals surface area contributed by atoms with Gasteiger partial charge in [-0.3, -0.25) is 0 Å². The summed E-state index contributed by atoms with van der Waals surface area (Å²) in [5.41, 5.74) is 13.3. The molecular formula is C23H38N6. The molecule has 6 heteroatoms. The van der Waals surface area contributed by atoms with Crippen LogP contribution in [-0.4, -0.2) is 40.2 Å². The second kappa shape index (κ2) is 9.43. The number of hydrogen-bond acceptors (Lipinski definition) is 6. The van der Waals surface area contributed by atoms with Crippen LogP contribution >= 0.6 is 0 Å². The number of nitrogens with zero attached hydrogens (tertiary/aromatic N) is 3. The molecule has 0 aromatic carbocycles. The van der Waals surface area contributed by atoms with Crippen molar-refractivity contribution in [2.45, 2.75) is 95.7 Å². The Morgan fingerprint density at radius 2 is 1.83 bits per heavy atom. The first-order valence-electron chi connectivity index (χ1n) is 11.7. The third-order valence-corrected chi connectivity index (χ3v) is 6.98. The smallest absolute Gasteiger partial charge is 0.223 e. The highest BCUT2D eigenvalue weighted by Crippen LogP contribution is 2.39. The molecule has 1 aromatic heterocycles. The number of hydrogen-bond donors (Lipinski definition) is 3. The quantitative estimate of drug-likeness (QED) is 0.573. The summed E-state index contributed by atoms with van der Waals surface area (Å²) in [5.74, 6) is 1.59. The maximum absolute atomic E-state index is 6.05. The lowest BCUT2D eigenvalue weighted by Crippen LogP contribution is -2.42. The Morgan fingerprint density at radius 3 is 2.48 bits per heavy atom. The van der Waals surface area contributed by atoms with Crippen LogP contribution < -0.4 is 16.5 Å². The Morgan fingerprint density at radius 1 is 1.10 bits per heavy atom. The van der Waals surface area contributed by atoms with Crippen molar-refractivity contribution in [3.05, 3.63) is 23.7 Å². The number of aromatic nitrogens is 2.